The molecule has 0 N–H and O–H groups in total. The van der Waals surface area contributed by atoms with Crippen molar-refractivity contribution < 1.29 is 33.0 Å². The van der Waals surface area contributed by atoms with Gasteiger partial charge in [0, 0.05) is 23.9 Å². The van der Waals surface area contributed by atoms with E-state index in [2.05, 4.69) is 0 Å². The summed E-state index contributed by atoms with van der Waals surface area (Å²) in [5.74, 6) is 0.259. The molecule has 32 heavy (non-hydrogen) atoms. The van der Waals surface area contributed by atoms with E-state index in [-0.39, 0.29) is 30.5 Å². The third-order valence-electron chi connectivity index (χ3n) is 5.01. The molecule has 3 aromatic rings. The lowest BCUT2D eigenvalue weighted by Crippen LogP contribution is -2.12. The van der Waals surface area contributed by atoms with E-state index in [1.165, 1.54) is 18.2 Å². The van der Waals surface area contributed by atoms with Crippen LogP contribution in [0.4, 0.5) is 0 Å². The first-order valence-corrected chi connectivity index (χ1v) is 10.3. The van der Waals surface area contributed by atoms with Crippen molar-refractivity contribution in [1.82, 2.24) is 0 Å². The fraction of sp³-hybridized carbons (Fsp3) is 0.292. The molecule has 0 aliphatic carbocycles. The summed E-state index contributed by atoms with van der Waals surface area (Å²) < 4.78 is 26.6. The van der Waals surface area contributed by atoms with E-state index < -0.39 is 11.6 Å². The van der Waals surface area contributed by atoms with Gasteiger partial charge in [0.05, 0.1) is 12.2 Å². The number of esters is 2. The largest absolute Gasteiger partial charge is 0.466 e. The zero-order chi connectivity index (χ0) is 22.7. The Morgan fingerprint density at radius 2 is 1.88 bits per heavy atom. The summed E-state index contributed by atoms with van der Waals surface area (Å²) in [6.07, 6.45) is 1.15. The van der Waals surface area contributed by atoms with Crippen LogP contribution < -0.4 is 19.8 Å². The standard InChI is InChI=1S/C24H22O8/c1-3-8-28-22(25)7-5-15-10-17-14(2)9-23(26)31-20(17)12-19(15)32-24(27)16-4-6-18-21(11-16)30-13-29-18/h4,6,9-12H,3,5,7-8,13H2,1-2H3. The second kappa shape index (κ2) is 9.13. The molecule has 1 aliphatic rings. The molecule has 0 spiro atoms. The predicted molar refractivity (Wildman–Crippen MR) is 114 cm³/mol. The van der Waals surface area contributed by atoms with Gasteiger partial charge in [0.1, 0.15) is 11.3 Å². The smallest absolute Gasteiger partial charge is 0.343 e. The summed E-state index contributed by atoms with van der Waals surface area (Å²) in [6, 6.07) is 9.40. The molecular formula is C24H22O8. The number of carbonyl (C=O) groups excluding carboxylic acids is 2. The molecule has 0 bridgehead atoms. The number of rotatable bonds is 7. The quantitative estimate of drug-likeness (QED) is 0.311. The van der Waals surface area contributed by atoms with E-state index in [9.17, 15) is 14.4 Å². The molecular weight excluding hydrogens is 416 g/mol. The highest BCUT2D eigenvalue weighted by atomic mass is 16.7. The van der Waals surface area contributed by atoms with Gasteiger partial charge in [-0.1, -0.05) is 6.92 Å². The lowest BCUT2D eigenvalue weighted by molar-refractivity contribution is -0.143. The lowest BCUT2D eigenvalue weighted by Gasteiger charge is -2.12. The van der Waals surface area contributed by atoms with Gasteiger partial charge in [0.25, 0.3) is 0 Å². The number of hydrogen-bond donors (Lipinski definition) is 0. The van der Waals surface area contributed by atoms with Crippen LogP contribution in [0, 0.1) is 6.92 Å². The molecule has 2 heterocycles. The Bertz CT molecular complexity index is 1240. The minimum Gasteiger partial charge on any atom is -0.466 e. The van der Waals surface area contributed by atoms with Gasteiger partial charge < -0.3 is 23.4 Å². The second-order valence-electron chi connectivity index (χ2n) is 7.38. The van der Waals surface area contributed by atoms with Crippen molar-refractivity contribution in [2.45, 2.75) is 33.1 Å². The van der Waals surface area contributed by atoms with Crippen molar-refractivity contribution in [2.24, 2.45) is 0 Å². The summed E-state index contributed by atoms with van der Waals surface area (Å²) in [5.41, 5.74) is 1.41. The average Bonchev–Trinajstić information content (AvgIpc) is 3.24. The number of ether oxygens (including phenoxy) is 4. The van der Waals surface area contributed by atoms with Crippen LogP contribution >= 0.6 is 0 Å². The first-order valence-electron chi connectivity index (χ1n) is 10.3. The Morgan fingerprint density at radius 3 is 2.69 bits per heavy atom. The van der Waals surface area contributed by atoms with E-state index in [1.807, 2.05) is 6.92 Å². The summed E-state index contributed by atoms with van der Waals surface area (Å²) in [6.45, 7) is 4.15. The zero-order valence-corrected chi connectivity index (χ0v) is 17.8. The minimum atomic E-state index is -0.618. The SMILES string of the molecule is CCCOC(=O)CCc1cc2c(C)cc(=O)oc2cc1OC(=O)c1ccc2c(c1)OCO2. The van der Waals surface area contributed by atoms with Crippen LogP contribution in [0.1, 0.15) is 41.3 Å². The van der Waals surface area contributed by atoms with Crippen LogP contribution in [-0.4, -0.2) is 25.3 Å². The van der Waals surface area contributed by atoms with Crippen LogP contribution in [-0.2, 0) is 16.0 Å². The van der Waals surface area contributed by atoms with Crippen molar-refractivity contribution in [3.63, 3.8) is 0 Å². The van der Waals surface area contributed by atoms with Crippen molar-refractivity contribution in [2.75, 3.05) is 13.4 Å². The molecule has 0 fully saturated rings. The zero-order valence-electron chi connectivity index (χ0n) is 17.8. The molecule has 0 unspecified atom stereocenters. The Hall–Kier alpha value is -3.81. The van der Waals surface area contributed by atoms with Gasteiger partial charge in [0.2, 0.25) is 6.79 Å². The van der Waals surface area contributed by atoms with Crippen LogP contribution in [0.3, 0.4) is 0 Å². The van der Waals surface area contributed by atoms with Crippen LogP contribution in [0.15, 0.2) is 45.6 Å². The molecule has 0 saturated carbocycles. The fourth-order valence-electron chi connectivity index (χ4n) is 3.39. The lowest BCUT2D eigenvalue weighted by atomic mass is 10.0. The van der Waals surface area contributed by atoms with Gasteiger partial charge in [-0.15, -0.1) is 0 Å². The molecule has 166 valence electrons. The predicted octanol–water partition coefficient (Wildman–Crippen LogP) is 3.94. The summed E-state index contributed by atoms with van der Waals surface area (Å²) in [4.78, 5) is 36.6. The van der Waals surface area contributed by atoms with Gasteiger partial charge in [0.15, 0.2) is 11.5 Å². The number of aryl methyl sites for hydroxylation is 2. The minimum absolute atomic E-state index is 0.0924. The Morgan fingerprint density at radius 1 is 1.06 bits per heavy atom. The first kappa shape index (κ1) is 21.4. The molecule has 2 aromatic carbocycles. The van der Waals surface area contributed by atoms with Crippen LogP contribution in [0.5, 0.6) is 17.2 Å². The van der Waals surface area contributed by atoms with E-state index in [1.54, 1.807) is 25.1 Å². The maximum Gasteiger partial charge on any atom is 0.343 e. The summed E-state index contributed by atoms with van der Waals surface area (Å²) in [5, 5.41) is 0.699. The van der Waals surface area contributed by atoms with Crippen molar-refractivity contribution >= 4 is 22.9 Å². The maximum absolute atomic E-state index is 12.8. The Kier molecular flexibility index (Phi) is 6.11. The number of fused-ring (bicyclic) bond motifs is 2. The van der Waals surface area contributed by atoms with Gasteiger partial charge in [-0.3, -0.25) is 4.79 Å². The molecule has 4 rings (SSSR count). The Labute approximate surface area is 183 Å². The van der Waals surface area contributed by atoms with Gasteiger partial charge in [-0.2, -0.15) is 0 Å². The maximum atomic E-state index is 12.8. The van der Waals surface area contributed by atoms with Gasteiger partial charge in [-0.05, 0) is 55.2 Å². The first-order chi connectivity index (χ1) is 15.4. The highest BCUT2D eigenvalue weighted by Crippen LogP contribution is 2.34. The summed E-state index contributed by atoms with van der Waals surface area (Å²) in [7, 11) is 0. The molecule has 0 saturated heterocycles. The van der Waals surface area contributed by atoms with Crippen LogP contribution in [0.25, 0.3) is 11.0 Å². The molecule has 8 nitrogen and oxygen atoms in total. The number of carbonyl (C=O) groups is 2. The third-order valence-corrected chi connectivity index (χ3v) is 5.01. The van der Waals surface area contributed by atoms with Crippen molar-refractivity contribution in [3.8, 4) is 17.2 Å². The molecule has 8 heteroatoms. The van der Waals surface area contributed by atoms with E-state index >= 15 is 0 Å². The van der Waals surface area contributed by atoms with E-state index in [0.29, 0.717) is 41.1 Å². The van der Waals surface area contributed by atoms with Gasteiger partial charge in [-0.25, -0.2) is 9.59 Å². The fourth-order valence-corrected chi connectivity index (χ4v) is 3.39. The topological polar surface area (TPSA) is 101 Å². The van der Waals surface area contributed by atoms with Gasteiger partial charge >= 0.3 is 17.6 Å². The third kappa shape index (κ3) is 4.59. The highest BCUT2D eigenvalue weighted by Gasteiger charge is 2.20. The number of benzene rings is 2. The Balaban J connectivity index is 1.65. The monoisotopic (exact) mass is 438 g/mol. The molecule has 1 aromatic heterocycles. The molecule has 0 atom stereocenters. The van der Waals surface area contributed by atoms with Crippen molar-refractivity contribution in [3.05, 3.63) is 63.5 Å². The second-order valence-corrected chi connectivity index (χ2v) is 7.38. The molecule has 0 amide bonds. The van der Waals surface area contributed by atoms with E-state index in [4.69, 9.17) is 23.4 Å². The molecule has 0 radical (unpaired) electrons. The molecule has 1 aliphatic heterocycles. The highest BCUT2D eigenvalue weighted by molar-refractivity contribution is 5.93. The van der Waals surface area contributed by atoms with Crippen LogP contribution in [0.2, 0.25) is 0 Å². The van der Waals surface area contributed by atoms with E-state index in [0.717, 1.165) is 12.0 Å². The summed E-state index contributed by atoms with van der Waals surface area (Å²) >= 11 is 0. The van der Waals surface area contributed by atoms with Crippen molar-refractivity contribution in [1.29, 1.82) is 0 Å². The average molecular weight is 438 g/mol. The number of hydrogen-bond acceptors (Lipinski definition) is 8. The normalized spacial score (nSPS) is 12.1.